The largest absolute Gasteiger partial charge is 0.308 e. The Hall–Kier alpha value is -0.960. The van der Waals surface area contributed by atoms with Crippen LogP contribution in [0.3, 0.4) is 0 Å². The monoisotopic (exact) mass is 255 g/mol. The van der Waals surface area contributed by atoms with Crippen molar-refractivity contribution < 1.29 is 8.78 Å². The van der Waals surface area contributed by atoms with Gasteiger partial charge >= 0.3 is 0 Å². The lowest BCUT2D eigenvalue weighted by atomic mass is 10.0. The summed E-state index contributed by atoms with van der Waals surface area (Å²) < 4.78 is 26.0. The summed E-state index contributed by atoms with van der Waals surface area (Å²) in [5, 5.41) is 3.41. The molecule has 1 nitrogen and oxygen atoms in total. The van der Waals surface area contributed by atoms with Crippen LogP contribution in [0.5, 0.6) is 0 Å². The summed E-state index contributed by atoms with van der Waals surface area (Å²) in [4.78, 5) is 0. The fourth-order valence-electron chi connectivity index (χ4n) is 2.09. The Morgan fingerprint density at radius 2 is 1.83 bits per heavy atom. The molecule has 0 saturated carbocycles. The molecular formula is C15H23F2N. The third-order valence-electron chi connectivity index (χ3n) is 3.22. The SMILES string of the molecule is CCCCCC(C)NC(C)c1ccc(F)c(F)c1. The summed E-state index contributed by atoms with van der Waals surface area (Å²) in [6, 6.07) is 4.52. The maximum absolute atomic E-state index is 13.1. The van der Waals surface area contributed by atoms with Crippen molar-refractivity contribution in [3.05, 3.63) is 35.4 Å². The molecule has 1 rings (SSSR count). The van der Waals surface area contributed by atoms with E-state index < -0.39 is 11.6 Å². The number of benzene rings is 1. The van der Waals surface area contributed by atoms with Crippen molar-refractivity contribution in [3.8, 4) is 0 Å². The lowest BCUT2D eigenvalue weighted by Gasteiger charge is -2.20. The van der Waals surface area contributed by atoms with E-state index in [2.05, 4.69) is 19.2 Å². The summed E-state index contributed by atoms with van der Waals surface area (Å²) in [5.74, 6) is -1.57. The van der Waals surface area contributed by atoms with Gasteiger partial charge in [0, 0.05) is 12.1 Å². The van der Waals surface area contributed by atoms with Crippen molar-refractivity contribution in [3.63, 3.8) is 0 Å². The molecular weight excluding hydrogens is 232 g/mol. The van der Waals surface area contributed by atoms with Crippen LogP contribution in [0.25, 0.3) is 0 Å². The number of hydrogen-bond acceptors (Lipinski definition) is 1. The summed E-state index contributed by atoms with van der Waals surface area (Å²) >= 11 is 0. The van der Waals surface area contributed by atoms with Gasteiger partial charge in [0.15, 0.2) is 11.6 Å². The van der Waals surface area contributed by atoms with Crippen molar-refractivity contribution >= 4 is 0 Å². The van der Waals surface area contributed by atoms with Crippen LogP contribution in [0.1, 0.15) is 58.1 Å². The van der Waals surface area contributed by atoms with Crippen LogP contribution in [-0.4, -0.2) is 6.04 Å². The van der Waals surface area contributed by atoms with Crippen LogP contribution in [-0.2, 0) is 0 Å². The van der Waals surface area contributed by atoms with Crippen molar-refractivity contribution in [1.29, 1.82) is 0 Å². The van der Waals surface area contributed by atoms with Crippen molar-refractivity contribution in [2.75, 3.05) is 0 Å². The van der Waals surface area contributed by atoms with E-state index in [0.29, 0.717) is 6.04 Å². The zero-order chi connectivity index (χ0) is 13.5. The van der Waals surface area contributed by atoms with Gasteiger partial charge in [-0.05, 0) is 38.0 Å². The van der Waals surface area contributed by atoms with Gasteiger partial charge in [-0.15, -0.1) is 0 Å². The normalized spacial score (nSPS) is 14.5. The number of rotatable bonds is 7. The molecule has 3 heteroatoms. The van der Waals surface area contributed by atoms with E-state index in [1.165, 1.54) is 31.4 Å². The van der Waals surface area contributed by atoms with Gasteiger partial charge in [-0.1, -0.05) is 32.3 Å². The summed E-state index contributed by atoms with van der Waals surface area (Å²) in [7, 11) is 0. The fourth-order valence-corrected chi connectivity index (χ4v) is 2.09. The van der Waals surface area contributed by atoms with Gasteiger partial charge in [0.1, 0.15) is 0 Å². The predicted octanol–water partition coefficient (Wildman–Crippen LogP) is 4.58. The molecule has 0 radical (unpaired) electrons. The molecule has 0 amide bonds. The molecule has 0 saturated heterocycles. The maximum atomic E-state index is 13.1. The second-order valence-electron chi connectivity index (χ2n) is 4.96. The van der Waals surface area contributed by atoms with Crippen LogP contribution in [0, 0.1) is 11.6 Å². The van der Waals surface area contributed by atoms with Crippen molar-refractivity contribution in [1.82, 2.24) is 5.32 Å². The Bertz CT molecular complexity index is 366. The molecule has 0 fully saturated rings. The number of unbranched alkanes of at least 4 members (excludes halogenated alkanes) is 2. The number of hydrogen-bond donors (Lipinski definition) is 1. The van der Waals surface area contributed by atoms with Crippen LogP contribution >= 0.6 is 0 Å². The molecule has 1 aromatic carbocycles. The molecule has 0 aromatic heterocycles. The number of nitrogens with one attached hydrogen (secondary N) is 1. The maximum Gasteiger partial charge on any atom is 0.159 e. The highest BCUT2D eigenvalue weighted by atomic mass is 19.2. The lowest BCUT2D eigenvalue weighted by molar-refractivity contribution is 0.436. The Labute approximate surface area is 109 Å². The first-order chi connectivity index (χ1) is 8.54. The minimum absolute atomic E-state index is 0.0386. The Morgan fingerprint density at radius 3 is 2.44 bits per heavy atom. The van der Waals surface area contributed by atoms with E-state index in [0.717, 1.165) is 12.0 Å². The van der Waals surface area contributed by atoms with Crippen molar-refractivity contribution in [2.24, 2.45) is 0 Å². The summed E-state index contributed by atoms with van der Waals surface area (Å²) in [6.45, 7) is 6.29. The lowest BCUT2D eigenvalue weighted by Crippen LogP contribution is -2.28. The van der Waals surface area contributed by atoms with Gasteiger partial charge in [-0.2, -0.15) is 0 Å². The quantitative estimate of drug-likeness (QED) is 0.703. The van der Waals surface area contributed by atoms with Gasteiger partial charge in [-0.25, -0.2) is 8.78 Å². The van der Waals surface area contributed by atoms with Gasteiger partial charge in [-0.3, -0.25) is 0 Å². The zero-order valence-corrected chi connectivity index (χ0v) is 11.5. The second kappa shape index (κ2) is 7.47. The molecule has 1 N–H and O–H groups in total. The summed E-state index contributed by atoms with van der Waals surface area (Å²) in [6.07, 6.45) is 4.77. The highest BCUT2D eigenvalue weighted by Crippen LogP contribution is 2.17. The molecule has 0 spiro atoms. The molecule has 1 aromatic rings. The van der Waals surface area contributed by atoms with E-state index in [4.69, 9.17) is 0 Å². The third-order valence-corrected chi connectivity index (χ3v) is 3.22. The Kier molecular flexibility index (Phi) is 6.27. The van der Waals surface area contributed by atoms with E-state index in [9.17, 15) is 8.78 Å². The van der Waals surface area contributed by atoms with Crippen LogP contribution in [0.2, 0.25) is 0 Å². The topological polar surface area (TPSA) is 12.0 Å². The van der Waals surface area contributed by atoms with E-state index >= 15 is 0 Å². The smallest absolute Gasteiger partial charge is 0.159 e. The highest BCUT2D eigenvalue weighted by molar-refractivity contribution is 5.20. The molecule has 18 heavy (non-hydrogen) atoms. The van der Waals surface area contributed by atoms with Crippen molar-refractivity contribution in [2.45, 2.75) is 58.5 Å². The Balaban J connectivity index is 2.48. The van der Waals surface area contributed by atoms with Gasteiger partial charge in [0.05, 0.1) is 0 Å². The van der Waals surface area contributed by atoms with Crippen LogP contribution < -0.4 is 5.32 Å². The second-order valence-corrected chi connectivity index (χ2v) is 4.96. The van der Waals surface area contributed by atoms with E-state index in [-0.39, 0.29) is 6.04 Å². The standard InChI is InChI=1S/C15H23F2N/c1-4-5-6-7-11(2)18-12(3)13-8-9-14(16)15(17)10-13/h8-12,18H,4-7H2,1-3H3. The minimum atomic E-state index is -0.790. The van der Waals surface area contributed by atoms with Crippen LogP contribution in [0.15, 0.2) is 18.2 Å². The van der Waals surface area contributed by atoms with Gasteiger partial charge < -0.3 is 5.32 Å². The first-order valence-electron chi connectivity index (χ1n) is 6.75. The predicted molar refractivity (Wildman–Crippen MR) is 71.5 cm³/mol. The molecule has 2 atom stereocenters. The number of halogens is 2. The van der Waals surface area contributed by atoms with E-state index in [1.54, 1.807) is 6.07 Å². The average Bonchev–Trinajstić information content (AvgIpc) is 2.33. The fraction of sp³-hybridized carbons (Fsp3) is 0.600. The average molecular weight is 255 g/mol. The highest BCUT2D eigenvalue weighted by Gasteiger charge is 2.11. The molecule has 0 heterocycles. The molecule has 0 bridgehead atoms. The van der Waals surface area contributed by atoms with Gasteiger partial charge in [0.2, 0.25) is 0 Å². The minimum Gasteiger partial charge on any atom is -0.308 e. The molecule has 0 aliphatic carbocycles. The molecule has 0 aliphatic heterocycles. The zero-order valence-electron chi connectivity index (χ0n) is 11.5. The first kappa shape index (κ1) is 15.1. The molecule has 102 valence electrons. The Morgan fingerprint density at radius 1 is 1.11 bits per heavy atom. The van der Waals surface area contributed by atoms with E-state index in [1.807, 2.05) is 6.92 Å². The first-order valence-corrected chi connectivity index (χ1v) is 6.75. The van der Waals surface area contributed by atoms with Crippen LogP contribution in [0.4, 0.5) is 8.78 Å². The third kappa shape index (κ3) is 4.73. The molecule has 2 unspecified atom stereocenters. The molecule has 0 aliphatic rings. The van der Waals surface area contributed by atoms with Gasteiger partial charge in [0.25, 0.3) is 0 Å². The summed E-state index contributed by atoms with van der Waals surface area (Å²) in [5.41, 5.74) is 0.788.